The van der Waals surface area contributed by atoms with E-state index < -0.39 is 0 Å². The van der Waals surface area contributed by atoms with Crippen molar-refractivity contribution in [2.75, 3.05) is 0 Å². The second kappa shape index (κ2) is 5.89. The highest BCUT2D eigenvalue weighted by Crippen LogP contribution is 2.40. The molecule has 0 saturated heterocycles. The summed E-state index contributed by atoms with van der Waals surface area (Å²) in [4.78, 5) is 20.6. The quantitative estimate of drug-likeness (QED) is 0.514. The van der Waals surface area contributed by atoms with E-state index >= 15 is 0 Å². The molecule has 1 unspecified atom stereocenters. The lowest BCUT2D eigenvalue weighted by atomic mass is 9.87. The number of aryl methyl sites for hydroxylation is 3. The van der Waals surface area contributed by atoms with Crippen LogP contribution in [0.4, 0.5) is 0 Å². The van der Waals surface area contributed by atoms with Gasteiger partial charge < -0.3 is 4.57 Å². The number of rotatable bonds is 1. The maximum atomic E-state index is 11.9. The van der Waals surface area contributed by atoms with E-state index in [1.807, 2.05) is 13.1 Å². The number of benzene rings is 1. The minimum atomic E-state index is -0.209. The molecule has 0 saturated carbocycles. The van der Waals surface area contributed by atoms with E-state index in [2.05, 4.69) is 42.3 Å². The van der Waals surface area contributed by atoms with E-state index in [0.717, 1.165) is 32.3 Å². The normalized spacial score (nSPS) is 15.6. The maximum Gasteiger partial charge on any atom is 0.326 e. The lowest BCUT2D eigenvalue weighted by Crippen LogP contribution is -2.22. The molecular weight excluding hydrogens is 350 g/mol. The Morgan fingerprint density at radius 1 is 1.24 bits per heavy atom. The van der Waals surface area contributed by atoms with Gasteiger partial charge >= 0.3 is 5.69 Å². The van der Waals surface area contributed by atoms with Crippen LogP contribution in [0.25, 0.3) is 12.2 Å². The van der Waals surface area contributed by atoms with Gasteiger partial charge in [-0.15, -0.1) is 11.3 Å². The van der Waals surface area contributed by atoms with Crippen molar-refractivity contribution < 1.29 is 0 Å². The van der Waals surface area contributed by atoms with Gasteiger partial charge in [0.15, 0.2) is 0 Å². The molecule has 6 heteroatoms. The molecule has 25 heavy (non-hydrogen) atoms. The van der Waals surface area contributed by atoms with Gasteiger partial charge in [-0.05, 0) is 31.1 Å². The first kappa shape index (κ1) is 16.2. The van der Waals surface area contributed by atoms with Gasteiger partial charge in [0.05, 0.1) is 21.5 Å². The van der Waals surface area contributed by atoms with Crippen molar-refractivity contribution in [1.29, 1.82) is 0 Å². The van der Waals surface area contributed by atoms with Crippen molar-refractivity contribution in [1.82, 2.24) is 14.5 Å². The minimum absolute atomic E-state index is 0.0962. The van der Waals surface area contributed by atoms with Crippen LogP contribution in [-0.4, -0.2) is 14.5 Å². The first-order chi connectivity index (χ1) is 11.9. The molecule has 1 aliphatic rings. The van der Waals surface area contributed by atoms with Crippen LogP contribution in [0.15, 0.2) is 29.2 Å². The van der Waals surface area contributed by atoms with Crippen LogP contribution in [0, 0.1) is 18.5 Å². The van der Waals surface area contributed by atoms with E-state index in [4.69, 9.17) is 17.2 Å². The Morgan fingerprint density at radius 2 is 2.04 bits per heavy atom. The summed E-state index contributed by atoms with van der Waals surface area (Å²) in [6.45, 7) is 4.10. The fraction of sp³-hybridized carbons (Fsp3) is 0.211. The summed E-state index contributed by atoms with van der Waals surface area (Å²) in [5, 5.41) is 1.02. The molecule has 1 aliphatic carbocycles. The van der Waals surface area contributed by atoms with Crippen molar-refractivity contribution in [3.63, 3.8) is 0 Å². The highest BCUT2D eigenvalue weighted by molar-refractivity contribution is 7.71. The van der Waals surface area contributed by atoms with Crippen LogP contribution in [0.3, 0.4) is 0 Å². The summed E-state index contributed by atoms with van der Waals surface area (Å²) in [5.74, 6) is -0.0962. The van der Waals surface area contributed by atoms with Gasteiger partial charge in [-0.1, -0.05) is 42.1 Å². The van der Waals surface area contributed by atoms with Crippen molar-refractivity contribution in [2.24, 2.45) is 7.05 Å². The van der Waals surface area contributed by atoms with Crippen LogP contribution in [0.2, 0.25) is 0 Å². The third-order valence-corrected chi connectivity index (χ3v) is 5.77. The highest BCUT2D eigenvalue weighted by Gasteiger charge is 2.28. The molecule has 0 radical (unpaired) electrons. The number of nitrogens with one attached hydrogen (secondary N) is 1. The summed E-state index contributed by atoms with van der Waals surface area (Å²) in [6, 6.07) is 6.43. The minimum Gasteiger partial charge on any atom is -0.304 e. The molecule has 3 aromatic rings. The summed E-state index contributed by atoms with van der Waals surface area (Å²) in [7, 11) is 1.73. The van der Waals surface area contributed by atoms with Crippen molar-refractivity contribution >= 4 is 35.7 Å². The van der Waals surface area contributed by atoms with Gasteiger partial charge in [0.25, 0.3) is 0 Å². The molecule has 0 amide bonds. The summed E-state index contributed by atoms with van der Waals surface area (Å²) in [5.41, 5.74) is 5.22. The lowest BCUT2D eigenvalue weighted by Gasteiger charge is -2.19. The molecule has 0 aliphatic heterocycles. The fourth-order valence-electron chi connectivity index (χ4n) is 3.30. The average molecular weight is 367 g/mol. The molecule has 2 aromatic heterocycles. The van der Waals surface area contributed by atoms with Gasteiger partial charge in [-0.3, -0.25) is 4.98 Å². The zero-order chi connectivity index (χ0) is 17.7. The van der Waals surface area contributed by atoms with Crippen molar-refractivity contribution in [2.45, 2.75) is 19.8 Å². The average Bonchev–Trinajstić information content (AvgIpc) is 2.86. The molecule has 1 N–H and O–H groups in total. The van der Waals surface area contributed by atoms with Crippen LogP contribution >= 0.6 is 23.6 Å². The number of hydrogen-bond donors (Lipinski definition) is 1. The Labute approximate surface area is 154 Å². The Balaban J connectivity index is 2.07. The van der Waals surface area contributed by atoms with E-state index in [1.165, 1.54) is 10.1 Å². The zero-order valence-corrected chi connectivity index (χ0v) is 15.8. The van der Waals surface area contributed by atoms with Gasteiger partial charge in [0.2, 0.25) is 0 Å². The first-order valence-corrected chi connectivity index (χ1v) is 9.22. The predicted molar refractivity (Wildman–Crippen MR) is 105 cm³/mol. The number of hydrogen-bond acceptors (Lipinski definition) is 4. The standard InChI is InChI=1S/C19H17N3OS2/c1-10-4-6-13-12(8-10)5-7-15-17(20-11(2)25-15)16(13)14-9-22(3)19(23)21-18(14)24/h4-9,16H,1-3H3,(H,21,23,24). The predicted octanol–water partition coefficient (Wildman–Crippen LogP) is 4.18. The molecule has 126 valence electrons. The van der Waals surface area contributed by atoms with Crippen LogP contribution in [-0.2, 0) is 7.05 Å². The smallest absolute Gasteiger partial charge is 0.304 e. The number of H-pyrrole nitrogens is 1. The van der Waals surface area contributed by atoms with E-state index in [-0.39, 0.29) is 11.6 Å². The number of aromatic amines is 1. The summed E-state index contributed by atoms with van der Waals surface area (Å²) >= 11 is 7.18. The van der Waals surface area contributed by atoms with Gasteiger partial charge in [-0.25, -0.2) is 9.78 Å². The first-order valence-electron chi connectivity index (χ1n) is 8.00. The molecule has 1 aromatic carbocycles. The summed E-state index contributed by atoms with van der Waals surface area (Å²) in [6.07, 6.45) is 6.11. The van der Waals surface area contributed by atoms with Gasteiger partial charge in [0, 0.05) is 18.8 Å². The molecule has 4 nitrogen and oxygen atoms in total. The Bertz CT molecular complexity index is 1130. The lowest BCUT2D eigenvalue weighted by molar-refractivity contribution is 0.769. The van der Waals surface area contributed by atoms with E-state index in [0.29, 0.717) is 4.64 Å². The van der Waals surface area contributed by atoms with Crippen molar-refractivity contribution in [3.05, 3.63) is 77.4 Å². The molecule has 0 bridgehead atoms. The Morgan fingerprint density at radius 3 is 2.84 bits per heavy atom. The highest BCUT2D eigenvalue weighted by atomic mass is 32.1. The number of nitrogens with zero attached hydrogens (tertiary/aromatic N) is 2. The fourth-order valence-corrected chi connectivity index (χ4v) is 4.43. The second-order valence-electron chi connectivity index (χ2n) is 6.34. The van der Waals surface area contributed by atoms with Crippen LogP contribution in [0.1, 0.15) is 43.8 Å². The van der Waals surface area contributed by atoms with E-state index in [1.54, 1.807) is 18.4 Å². The third kappa shape index (κ3) is 2.71. The SMILES string of the molecule is Cc1ccc2c(c1)C=Cc1sc(C)nc1C2c1cn(C)c(=O)[nH]c1=S. The topological polar surface area (TPSA) is 50.7 Å². The zero-order valence-electron chi connectivity index (χ0n) is 14.2. The van der Waals surface area contributed by atoms with Crippen LogP contribution < -0.4 is 5.69 Å². The van der Waals surface area contributed by atoms with Gasteiger partial charge in [0.1, 0.15) is 4.64 Å². The largest absolute Gasteiger partial charge is 0.326 e. The number of fused-ring (bicyclic) bond motifs is 2. The molecular formula is C19H17N3OS2. The third-order valence-electron chi connectivity index (χ3n) is 4.48. The monoisotopic (exact) mass is 367 g/mol. The molecule has 0 fully saturated rings. The van der Waals surface area contributed by atoms with E-state index in [9.17, 15) is 4.79 Å². The van der Waals surface area contributed by atoms with Gasteiger partial charge in [-0.2, -0.15) is 0 Å². The van der Waals surface area contributed by atoms with Crippen molar-refractivity contribution in [3.8, 4) is 0 Å². The molecule has 2 heterocycles. The van der Waals surface area contributed by atoms with Crippen LogP contribution in [0.5, 0.6) is 0 Å². The number of thiazole rings is 1. The summed E-state index contributed by atoms with van der Waals surface area (Å²) < 4.78 is 2.01. The number of aromatic nitrogens is 3. The molecule has 0 spiro atoms. The second-order valence-corrected chi connectivity index (χ2v) is 7.98. The molecule has 1 atom stereocenters. The Hall–Kier alpha value is -2.31. The molecule has 4 rings (SSSR count). The Kier molecular flexibility index (Phi) is 3.81. The maximum absolute atomic E-state index is 11.9.